The number of amides is 1. The molecule has 0 aromatic heterocycles. The number of halogens is 3. The quantitative estimate of drug-likeness (QED) is 0.777. The fraction of sp³-hybridized carbons (Fsp3) is 0.250. The zero-order chi connectivity index (χ0) is 8.15. The third-order valence-corrected chi connectivity index (χ3v) is 2.39. The first kappa shape index (κ1) is 10.4. The number of rotatable bonds is 2. The van der Waals surface area contributed by atoms with Crippen molar-refractivity contribution in [2.75, 3.05) is 5.75 Å². The summed E-state index contributed by atoms with van der Waals surface area (Å²) in [5.41, 5.74) is 4.80. The van der Waals surface area contributed by atoms with Crippen molar-refractivity contribution in [1.82, 2.24) is 0 Å². The molecule has 0 saturated carbocycles. The molecule has 0 rings (SSSR count). The second-order valence-electron chi connectivity index (χ2n) is 1.27. The third kappa shape index (κ3) is 5.23. The van der Waals surface area contributed by atoms with Crippen molar-refractivity contribution >= 4 is 51.8 Å². The summed E-state index contributed by atoms with van der Waals surface area (Å²) >= 11 is 16.8. The van der Waals surface area contributed by atoms with Crippen LogP contribution in [-0.4, -0.2) is 11.0 Å². The maximum atomic E-state index is 10.1. The number of hydrogen-bond donors (Lipinski definition) is 1. The average Bonchev–Trinajstić information content (AvgIpc) is 1.82. The largest absolute Gasteiger partial charge is 0.361 e. The summed E-state index contributed by atoms with van der Waals surface area (Å²) in [5.74, 6) is 0.221. The number of primary amides is 1. The number of thioether (sulfide) groups is 1. The highest BCUT2D eigenvalue weighted by Gasteiger charge is 2.01. The highest BCUT2D eigenvalue weighted by molar-refractivity contribution is 8.13. The Morgan fingerprint density at radius 3 is 2.20 bits per heavy atom. The number of carbonyl (C=O) groups excluding carboxylic acids is 1. The van der Waals surface area contributed by atoms with E-state index in [-0.39, 0.29) is 15.3 Å². The van der Waals surface area contributed by atoms with Gasteiger partial charge >= 0.3 is 0 Å². The monoisotopic (exact) mass is 219 g/mol. The van der Waals surface area contributed by atoms with Crippen LogP contribution in [0.2, 0.25) is 0 Å². The fourth-order valence-corrected chi connectivity index (χ4v) is 1.06. The molecule has 0 aliphatic heterocycles. The molecule has 58 valence electrons. The molecular formula is C4H4Cl3NOS. The SMILES string of the molecule is NC(=O)SCC(Cl)=C(Cl)Cl. The smallest absolute Gasteiger partial charge is 0.276 e. The van der Waals surface area contributed by atoms with E-state index in [1.807, 2.05) is 0 Å². The van der Waals surface area contributed by atoms with Gasteiger partial charge < -0.3 is 5.73 Å². The first-order chi connectivity index (χ1) is 4.54. The van der Waals surface area contributed by atoms with Gasteiger partial charge in [-0.3, -0.25) is 4.79 Å². The molecular weight excluding hydrogens is 216 g/mol. The standard InChI is InChI=1S/C4H4Cl3NOS/c5-2(3(6)7)1-10-4(8)9/h1H2,(H2,8,9). The number of carbonyl (C=O) groups is 1. The van der Waals surface area contributed by atoms with Crippen molar-refractivity contribution in [2.45, 2.75) is 0 Å². The second kappa shape index (κ2) is 5.13. The van der Waals surface area contributed by atoms with Crippen LogP contribution in [0.15, 0.2) is 9.52 Å². The van der Waals surface area contributed by atoms with Crippen molar-refractivity contribution in [2.24, 2.45) is 5.73 Å². The fourth-order valence-electron chi connectivity index (χ4n) is 0.189. The highest BCUT2D eigenvalue weighted by Crippen LogP contribution is 2.21. The minimum atomic E-state index is -0.507. The summed E-state index contributed by atoms with van der Waals surface area (Å²) in [6, 6.07) is 0. The van der Waals surface area contributed by atoms with Crippen LogP contribution in [0.4, 0.5) is 4.79 Å². The number of nitrogens with two attached hydrogens (primary N) is 1. The van der Waals surface area contributed by atoms with Crippen LogP contribution < -0.4 is 5.73 Å². The van der Waals surface area contributed by atoms with Gasteiger partial charge in [-0.1, -0.05) is 46.6 Å². The minimum absolute atomic E-state index is 0.0320. The summed E-state index contributed by atoms with van der Waals surface area (Å²) < 4.78 is -0.0320. The van der Waals surface area contributed by atoms with Gasteiger partial charge in [-0.25, -0.2) is 0 Å². The summed E-state index contributed by atoms with van der Waals surface area (Å²) in [5, 5.41) is -0.278. The van der Waals surface area contributed by atoms with Crippen LogP contribution in [0.25, 0.3) is 0 Å². The van der Waals surface area contributed by atoms with E-state index in [2.05, 4.69) is 0 Å². The van der Waals surface area contributed by atoms with Crippen LogP contribution in [0, 0.1) is 0 Å². The lowest BCUT2D eigenvalue weighted by atomic mass is 10.7. The molecule has 0 aromatic rings. The predicted molar refractivity (Wildman–Crippen MR) is 46.6 cm³/mol. The van der Waals surface area contributed by atoms with Gasteiger partial charge in [0.25, 0.3) is 5.24 Å². The predicted octanol–water partition coefficient (Wildman–Crippen LogP) is 2.68. The van der Waals surface area contributed by atoms with Gasteiger partial charge in [-0.15, -0.1) is 0 Å². The Morgan fingerprint density at radius 1 is 1.40 bits per heavy atom. The van der Waals surface area contributed by atoms with Crippen LogP contribution in [0.5, 0.6) is 0 Å². The molecule has 10 heavy (non-hydrogen) atoms. The van der Waals surface area contributed by atoms with Crippen LogP contribution >= 0.6 is 46.6 Å². The molecule has 0 aromatic carbocycles. The molecule has 0 heterocycles. The van der Waals surface area contributed by atoms with E-state index in [0.717, 1.165) is 11.8 Å². The first-order valence-electron chi connectivity index (χ1n) is 2.16. The molecule has 0 fully saturated rings. The van der Waals surface area contributed by atoms with Gasteiger partial charge in [0, 0.05) is 5.75 Å². The van der Waals surface area contributed by atoms with Crippen molar-refractivity contribution in [3.8, 4) is 0 Å². The Labute approximate surface area is 77.7 Å². The molecule has 0 aliphatic carbocycles. The summed E-state index contributed by atoms with van der Waals surface area (Å²) in [6.07, 6.45) is 0. The van der Waals surface area contributed by atoms with Crippen LogP contribution in [-0.2, 0) is 0 Å². The van der Waals surface area contributed by atoms with Gasteiger partial charge in [-0.2, -0.15) is 0 Å². The maximum absolute atomic E-state index is 10.1. The van der Waals surface area contributed by atoms with Gasteiger partial charge in [-0.05, 0) is 0 Å². The Kier molecular flexibility index (Phi) is 5.35. The normalized spacial score (nSPS) is 9.10. The maximum Gasteiger partial charge on any atom is 0.276 e. The van der Waals surface area contributed by atoms with Crippen molar-refractivity contribution in [3.63, 3.8) is 0 Å². The Bertz CT molecular complexity index is 166. The topological polar surface area (TPSA) is 43.1 Å². The molecule has 0 aliphatic rings. The molecule has 0 unspecified atom stereocenters. The minimum Gasteiger partial charge on any atom is -0.361 e. The van der Waals surface area contributed by atoms with E-state index in [0.29, 0.717) is 0 Å². The Hall–Kier alpha value is 0.430. The Morgan fingerprint density at radius 2 is 1.90 bits per heavy atom. The van der Waals surface area contributed by atoms with E-state index in [1.165, 1.54) is 0 Å². The molecule has 0 bridgehead atoms. The zero-order valence-corrected chi connectivity index (χ0v) is 7.82. The molecule has 0 spiro atoms. The molecule has 0 radical (unpaired) electrons. The molecule has 1 amide bonds. The summed E-state index contributed by atoms with van der Waals surface area (Å²) in [6.45, 7) is 0. The van der Waals surface area contributed by atoms with Crippen molar-refractivity contribution in [1.29, 1.82) is 0 Å². The summed E-state index contributed by atoms with van der Waals surface area (Å²) in [7, 11) is 0. The van der Waals surface area contributed by atoms with E-state index in [4.69, 9.17) is 40.5 Å². The van der Waals surface area contributed by atoms with Crippen LogP contribution in [0.3, 0.4) is 0 Å². The molecule has 2 N–H and O–H groups in total. The Balaban J connectivity index is 3.71. The van der Waals surface area contributed by atoms with Crippen molar-refractivity contribution in [3.05, 3.63) is 9.52 Å². The average molecular weight is 221 g/mol. The van der Waals surface area contributed by atoms with Crippen molar-refractivity contribution < 1.29 is 4.79 Å². The van der Waals surface area contributed by atoms with E-state index in [9.17, 15) is 4.79 Å². The first-order valence-corrected chi connectivity index (χ1v) is 4.28. The lowest BCUT2D eigenvalue weighted by Crippen LogP contribution is -2.03. The number of hydrogen-bond acceptors (Lipinski definition) is 2. The van der Waals surface area contributed by atoms with Gasteiger partial charge in [0.1, 0.15) is 4.49 Å². The zero-order valence-electron chi connectivity index (χ0n) is 4.73. The lowest BCUT2D eigenvalue weighted by molar-refractivity contribution is 0.267. The van der Waals surface area contributed by atoms with Gasteiger partial charge in [0.2, 0.25) is 0 Å². The molecule has 6 heteroatoms. The van der Waals surface area contributed by atoms with E-state index in [1.54, 1.807) is 0 Å². The van der Waals surface area contributed by atoms with Gasteiger partial charge in [0.15, 0.2) is 0 Å². The van der Waals surface area contributed by atoms with E-state index < -0.39 is 5.24 Å². The molecule has 2 nitrogen and oxygen atoms in total. The molecule has 0 saturated heterocycles. The van der Waals surface area contributed by atoms with E-state index >= 15 is 0 Å². The van der Waals surface area contributed by atoms with Gasteiger partial charge in [0.05, 0.1) is 5.03 Å². The third-order valence-electron chi connectivity index (χ3n) is 0.546. The summed E-state index contributed by atoms with van der Waals surface area (Å²) in [4.78, 5) is 10.1. The molecule has 0 atom stereocenters. The highest BCUT2D eigenvalue weighted by atomic mass is 35.5. The second-order valence-corrected chi connectivity index (χ2v) is 3.66. The van der Waals surface area contributed by atoms with Crippen LogP contribution in [0.1, 0.15) is 0 Å². The lowest BCUT2D eigenvalue weighted by Gasteiger charge is -1.93.